The third-order valence-electron chi connectivity index (χ3n) is 29.0. The zero-order valence-corrected chi connectivity index (χ0v) is 84.8. The molecule has 0 radical (unpaired) electrons. The third-order valence-corrected chi connectivity index (χ3v) is 29.0. The van der Waals surface area contributed by atoms with Gasteiger partial charge in [0.15, 0.2) is 0 Å². The van der Waals surface area contributed by atoms with E-state index in [1.54, 1.807) is 63.7 Å². The van der Waals surface area contributed by atoms with Gasteiger partial charge in [0.1, 0.15) is 80.2 Å². The van der Waals surface area contributed by atoms with E-state index in [4.69, 9.17) is 60.3 Å². The fourth-order valence-corrected chi connectivity index (χ4v) is 14.7. The summed E-state index contributed by atoms with van der Waals surface area (Å²) >= 11 is 0. The van der Waals surface area contributed by atoms with Crippen molar-refractivity contribution in [2.24, 2.45) is 0 Å². The molecule has 13 heterocycles. The number of hydrogen-bond donors (Lipinski definition) is 13. The molecule has 0 spiro atoms. The molecule has 121 heavy (non-hydrogen) atoms. The highest BCUT2D eigenvalue weighted by Gasteiger charge is 2.33. The van der Waals surface area contributed by atoms with Crippen LogP contribution in [0.15, 0.2) is 0 Å². The lowest BCUT2D eigenvalue weighted by Gasteiger charge is -2.35. The number of rotatable bonds is 0. The molecule has 0 aromatic carbocycles. The van der Waals surface area contributed by atoms with Crippen molar-refractivity contribution in [1.82, 2.24) is 63.7 Å². The minimum atomic E-state index is -2.92. The van der Waals surface area contributed by atoms with Crippen molar-refractivity contribution in [3.63, 3.8) is 0 Å². The molecular weight excluding hydrogens is 1560 g/mol. The predicted molar refractivity (Wildman–Crippen MR) is 463 cm³/mol. The average Bonchev–Trinajstić information content (AvgIpc) is 1.92. The maximum Gasteiger partial charge on any atom is 0.140 e. The molecule has 0 aromatic heterocycles. The van der Waals surface area contributed by atoms with E-state index in [1.165, 1.54) is 170 Å². The van der Waals surface area contributed by atoms with Gasteiger partial charge < -0.3 is 129 Å². The summed E-state index contributed by atoms with van der Waals surface area (Å²) in [7, 11) is 45.9. The molecule has 0 aromatic rings. The molecule has 0 aliphatic carbocycles. The summed E-state index contributed by atoms with van der Waals surface area (Å²) in [6.07, 6.45) is 9.51. The van der Waals surface area contributed by atoms with Crippen LogP contribution in [0.5, 0.6) is 0 Å². The highest BCUT2D eigenvalue weighted by Crippen LogP contribution is 1.97. The van der Waals surface area contributed by atoms with Crippen LogP contribution >= 0.6 is 0 Å². The molecule has 26 atom stereocenters. The van der Waals surface area contributed by atoms with Gasteiger partial charge in [0.25, 0.3) is 0 Å². The molecule has 13 aliphatic heterocycles. The van der Waals surface area contributed by atoms with Gasteiger partial charge in [-0.1, -0.05) is 0 Å². The molecule has 0 bridgehead atoms. The van der Waals surface area contributed by atoms with Gasteiger partial charge in [0, 0.05) is 90.0 Å². The fourth-order valence-electron chi connectivity index (χ4n) is 14.7. The Morgan fingerprint density at radius 2 is 0.190 bits per heavy atom. The first-order valence-electron chi connectivity index (χ1n) is 45.0. The van der Waals surface area contributed by atoms with Gasteiger partial charge in [-0.3, -0.25) is 93.0 Å². The Labute approximate surface area is 742 Å². The van der Waals surface area contributed by atoms with Crippen LogP contribution in [0.25, 0.3) is 0 Å². The largest absolute Gasteiger partial charge is 1.00 e. The van der Waals surface area contributed by atoms with Crippen LogP contribution < -0.4 is 129 Å². The quantitative estimate of drug-likeness (QED) is 0.100. The second-order valence-corrected chi connectivity index (χ2v) is 36.9. The summed E-state index contributed by atoms with van der Waals surface area (Å²) in [5.74, 6) is 0. The summed E-state index contributed by atoms with van der Waals surface area (Å²) < 4.78 is 0. The Morgan fingerprint density at radius 3 is 0.198 bits per heavy atom. The SMILES string of the molecule is CC1N(C)CC[NH+]1C.CC1N(C)CC[NH+]1C.CC1N(C)CC[NH+]1C.CC1N(C)CC[NH+]1C.CC1N(C)CC[NH+]1C.CC1N(C)CC[NH+]1C.CC1N(C)CC[NH+]1C.CC1N(C)CC[NH+]1C.CC1N(C)CC[NH+]1C.CC1N(C)CC[NH+]1C.CC1N(C)CC[NH+]1C.CC1N(C)CC[NH+]1C.CC1N(C)CC[NH+]1C.[F-].[O-]B([O-])[O-].[O-]B([O-])[O-].[O-]B([O-])[O-].[O-]B([O-])[O-]. The van der Waals surface area contributed by atoms with Gasteiger partial charge in [-0.05, 0) is 91.6 Å². The van der Waals surface area contributed by atoms with Crippen LogP contribution in [0, 0.1) is 0 Å². The zero-order chi connectivity index (χ0) is 94.2. The molecule has 13 aliphatic rings. The molecule has 0 saturated carbocycles. The second-order valence-electron chi connectivity index (χ2n) is 36.9. The maximum atomic E-state index is 8.42. The van der Waals surface area contributed by atoms with Crippen molar-refractivity contribution in [1.29, 1.82) is 0 Å². The van der Waals surface area contributed by atoms with Crippen LogP contribution in [0.4, 0.5) is 0 Å². The van der Waals surface area contributed by atoms with Gasteiger partial charge in [0.05, 0.1) is 262 Å². The molecule has 728 valence electrons. The van der Waals surface area contributed by atoms with E-state index >= 15 is 0 Å². The molecule has 13 fully saturated rings. The number of hydrogen-bond acceptors (Lipinski definition) is 25. The van der Waals surface area contributed by atoms with Crippen LogP contribution in [0.2, 0.25) is 0 Å². The maximum absolute atomic E-state index is 8.42. The van der Waals surface area contributed by atoms with Crippen molar-refractivity contribution in [2.75, 3.05) is 353 Å². The van der Waals surface area contributed by atoms with Gasteiger partial charge in [-0.15, -0.1) is 0 Å². The highest BCUT2D eigenvalue weighted by atomic mass is 19.0. The lowest BCUT2D eigenvalue weighted by molar-refractivity contribution is -0.896. The zero-order valence-electron chi connectivity index (χ0n) is 84.8. The van der Waals surface area contributed by atoms with Crippen LogP contribution in [-0.2, 0) is 0 Å². The van der Waals surface area contributed by atoms with Crippen molar-refractivity contribution >= 4 is 29.3 Å². The lowest BCUT2D eigenvalue weighted by atomic mass is 10.3. The Hall–Kier alpha value is -1.33. The van der Waals surface area contributed by atoms with Crippen LogP contribution in [-0.4, -0.2) is 527 Å². The molecule has 43 heteroatoms. The number of halogens is 1. The standard InChI is InChI=1S/13C6H14N2.4BO3.FH/c13*1-6-7(2)4-5-8(6)3;4*2-1(3)4;/h13*6H,4-5H2,1-3H3;;;;;1H/q;;;;;;;;;;;;;4*-3;/p+12. The van der Waals surface area contributed by atoms with E-state index in [2.05, 4.69) is 337 Å². The van der Waals surface area contributed by atoms with E-state index in [-0.39, 0.29) is 4.70 Å². The van der Waals surface area contributed by atoms with E-state index in [0.717, 1.165) is 80.2 Å². The number of likely N-dealkylation sites (N-methyl/N-ethyl adjacent to an activating group) is 26. The molecular formula is C78H195B4FN26O12. The number of quaternary nitrogens is 13. The first kappa shape index (κ1) is 128. The monoisotopic (exact) mass is 1750 g/mol. The molecule has 13 saturated heterocycles. The Bertz CT molecular complexity index is 1730. The van der Waals surface area contributed by atoms with E-state index < -0.39 is 29.3 Å². The Morgan fingerprint density at radius 1 is 0.149 bits per heavy atom. The topological polar surface area (TPSA) is 377 Å². The second kappa shape index (κ2) is 69.6. The summed E-state index contributed by atoms with van der Waals surface area (Å²) in [6, 6.07) is 0. The average molecular weight is 1750 g/mol. The fraction of sp³-hybridized carbons (Fsp3) is 1.00. The van der Waals surface area contributed by atoms with Crippen LogP contribution in [0.1, 0.15) is 90.0 Å². The smallest absolute Gasteiger partial charge is 0.140 e. The number of nitrogens with zero attached hydrogens (tertiary/aromatic N) is 13. The van der Waals surface area contributed by atoms with Gasteiger partial charge in [-0.2, -0.15) is 0 Å². The normalized spacial score (nSPS) is 36.0. The molecule has 13 rings (SSSR count). The summed E-state index contributed by atoms with van der Waals surface area (Å²) in [6.45, 7) is 62.7. The first-order chi connectivity index (χ1) is 55.2. The molecule has 13 N–H and O–H groups in total. The van der Waals surface area contributed by atoms with E-state index in [9.17, 15) is 0 Å². The van der Waals surface area contributed by atoms with Crippen molar-refractivity contribution < 1.29 is 129 Å². The minimum absolute atomic E-state index is 0. The molecule has 26 unspecified atom stereocenters. The predicted octanol–water partition coefficient (Wildman–Crippen LogP) is -34.5. The van der Waals surface area contributed by atoms with Gasteiger partial charge >= 0.3 is 0 Å². The summed E-state index contributed by atoms with van der Waals surface area (Å²) in [4.78, 5) is 52.2. The van der Waals surface area contributed by atoms with Crippen molar-refractivity contribution in [3.05, 3.63) is 0 Å². The minimum Gasteiger partial charge on any atom is -1.00 e. The summed E-state index contributed by atoms with van der Waals surface area (Å²) in [5.41, 5.74) is 0. The number of nitrogens with one attached hydrogen (secondary N) is 13. The van der Waals surface area contributed by atoms with Crippen molar-refractivity contribution in [3.8, 4) is 0 Å². The van der Waals surface area contributed by atoms with Gasteiger partial charge in [-0.25, -0.2) is 0 Å². The van der Waals surface area contributed by atoms with Gasteiger partial charge in [0.2, 0.25) is 0 Å². The third kappa shape index (κ3) is 57.5. The first-order valence-corrected chi connectivity index (χ1v) is 45.0. The van der Waals surface area contributed by atoms with Crippen molar-refractivity contribution in [2.45, 2.75) is 170 Å². The Balaban J connectivity index is -0.000000396. The lowest BCUT2D eigenvalue weighted by Crippen LogP contribution is -3.11. The van der Waals surface area contributed by atoms with E-state index in [0.29, 0.717) is 0 Å². The molecule has 38 nitrogen and oxygen atoms in total. The molecule has 0 amide bonds. The van der Waals surface area contributed by atoms with Crippen LogP contribution in [0.3, 0.4) is 0 Å². The highest BCUT2D eigenvalue weighted by molar-refractivity contribution is 6.24. The summed E-state index contributed by atoms with van der Waals surface area (Å²) in [5, 5.41) is 101. The van der Waals surface area contributed by atoms with E-state index in [1.807, 2.05) is 0 Å². The Kier molecular flexibility index (Phi) is 73.7.